The highest BCUT2D eigenvalue weighted by molar-refractivity contribution is 9.10. The Morgan fingerprint density at radius 2 is 1.91 bits per heavy atom. The lowest BCUT2D eigenvalue weighted by Gasteiger charge is -2.10. The van der Waals surface area contributed by atoms with Crippen LogP contribution in [0.25, 0.3) is 6.08 Å². The molecule has 8 heteroatoms. The van der Waals surface area contributed by atoms with Gasteiger partial charge in [-0.05, 0) is 81.7 Å². The van der Waals surface area contributed by atoms with E-state index >= 15 is 0 Å². The number of hydrogen-bond acceptors (Lipinski definition) is 6. The lowest BCUT2D eigenvalue weighted by molar-refractivity contribution is -0.112. The standard InChI is InChI=1S/C25H19BrN2O5/c1-30-20-6-4-19(5-7-20)28-25(29)18(13-27)10-16-2-8-22(21(26)11-16)31-14-17-3-9-23-24(12-17)33-15-32-23/h2-12H,14-15H2,1H3,(H,28,29)/b18-10-. The van der Waals surface area contributed by atoms with Crippen molar-refractivity contribution < 1.29 is 23.7 Å². The van der Waals surface area contributed by atoms with Crippen LogP contribution in [-0.4, -0.2) is 19.8 Å². The summed E-state index contributed by atoms with van der Waals surface area (Å²) in [5, 5.41) is 12.2. The molecule has 1 heterocycles. The monoisotopic (exact) mass is 506 g/mol. The summed E-state index contributed by atoms with van der Waals surface area (Å²) in [6, 6.07) is 19.8. The van der Waals surface area contributed by atoms with Gasteiger partial charge in [-0.15, -0.1) is 0 Å². The fourth-order valence-electron chi connectivity index (χ4n) is 3.10. The molecule has 3 aromatic rings. The number of amides is 1. The van der Waals surface area contributed by atoms with Gasteiger partial charge in [0, 0.05) is 5.69 Å². The van der Waals surface area contributed by atoms with Gasteiger partial charge in [0.15, 0.2) is 11.5 Å². The van der Waals surface area contributed by atoms with E-state index in [1.54, 1.807) is 49.6 Å². The minimum absolute atomic E-state index is 0.0215. The van der Waals surface area contributed by atoms with Gasteiger partial charge in [0.2, 0.25) is 6.79 Å². The van der Waals surface area contributed by atoms with Crippen molar-refractivity contribution >= 4 is 33.6 Å². The molecule has 0 aliphatic carbocycles. The van der Waals surface area contributed by atoms with Crippen molar-refractivity contribution in [1.82, 2.24) is 0 Å². The first-order valence-corrected chi connectivity index (χ1v) is 10.7. The normalized spacial score (nSPS) is 12.1. The average Bonchev–Trinajstić information content (AvgIpc) is 3.30. The number of carbonyl (C=O) groups excluding carboxylic acids is 1. The Labute approximate surface area is 199 Å². The van der Waals surface area contributed by atoms with E-state index in [0.717, 1.165) is 11.3 Å². The maximum Gasteiger partial charge on any atom is 0.266 e. The summed E-state index contributed by atoms with van der Waals surface area (Å²) in [4.78, 5) is 12.5. The molecule has 1 aliphatic rings. The number of halogens is 1. The highest BCUT2D eigenvalue weighted by Gasteiger charge is 2.14. The van der Waals surface area contributed by atoms with Gasteiger partial charge in [-0.1, -0.05) is 12.1 Å². The average molecular weight is 507 g/mol. The molecule has 0 spiro atoms. The van der Waals surface area contributed by atoms with E-state index in [4.69, 9.17) is 18.9 Å². The molecule has 0 unspecified atom stereocenters. The van der Waals surface area contributed by atoms with Gasteiger partial charge in [0.25, 0.3) is 5.91 Å². The number of nitrogens with one attached hydrogen (secondary N) is 1. The quantitative estimate of drug-likeness (QED) is 0.345. The van der Waals surface area contributed by atoms with Gasteiger partial charge in [0.1, 0.15) is 29.7 Å². The maximum absolute atomic E-state index is 12.5. The lowest BCUT2D eigenvalue weighted by Crippen LogP contribution is -2.13. The van der Waals surface area contributed by atoms with Crippen LogP contribution in [0.3, 0.4) is 0 Å². The second-order valence-electron chi connectivity index (χ2n) is 7.02. The summed E-state index contributed by atoms with van der Waals surface area (Å²) in [5.41, 5.74) is 2.16. The molecular weight excluding hydrogens is 488 g/mol. The summed E-state index contributed by atoms with van der Waals surface area (Å²) >= 11 is 3.49. The third-order valence-electron chi connectivity index (χ3n) is 4.81. The molecule has 1 N–H and O–H groups in total. The van der Waals surface area contributed by atoms with Crippen LogP contribution < -0.4 is 24.3 Å². The van der Waals surface area contributed by atoms with Crippen molar-refractivity contribution in [2.75, 3.05) is 19.2 Å². The molecule has 0 radical (unpaired) electrons. The van der Waals surface area contributed by atoms with Crippen LogP contribution in [0.1, 0.15) is 11.1 Å². The fraction of sp³-hybridized carbons (Fsp3) is 0.120. The van der Waals surface area contributed by atoms with E-state index in [2.05, 4.69) is 21.2 Å². The number of hydrogen-bond donors (Lipinski definition) is 1. The van der Waals surface area contributed by atoms with Crippen molar-refractivity contribution in [3.63, 3.8) is 0 Å². The first kappa shape index (κ1) is 22.2. The molecule has 166 valence electrons. The second kappa shape index (κ2) is 10.1. The van der Waals surface area contributed by atoms with Crippen molar-refractivity contribution in [3.8, 4) is 29.1 Å². The van der Waals surface area contributed by atoms with Crippen LogP contribution in [0.4, 0.5) is 5.69 Å². The Morgan fingerprint density at radius 3 is 2.64 bits per heavy atom. The molecule has 0 aromatic heterocycles. The number of methoxy groups -OCH3 is 1. The van der Waals surface area contributed by atoms with Gasteiger partial charge in [-0.25, -0.2) is 0 Å². The van der Waals surface area contributed by atoms with Crippen molar-refractivity contribution in [2.24, 2.45) is 0 Å². The van der Waals surface area contributed by atoms with Gasteiger partial charge in [-0.2, -0.15) is 5.26 Å². The van der Waals surface area contributed by atoms with Crippen LogP contribution in [0, 0.1) is 11.3 Å². The summed E-state index contributed by atoms with van der Waals surface area (Å²) in [6.07, 6.45) is 1.52. The first-order chi connectivity index (χ1) is 16.1. The molecule has 1 aliphatic heterocycles. The van der Waals surface area contributed by atoms with Crippen LogP contribution in [0.5, 0.6) is 23.0 Å². The predicted octanol–water partition coefficient (Wildman–Crippen LogP) is 5.31. The van der Waals surface area contributed by atoms with E-state index in [0.29, 0.717) is 39.6 Å². The number of fused-ring (bicyclic) bond motifs is 1. The Kier molecular flexibility index (Phi) is 6.81. The van der Waals surface area contributed by atoms with E-state index < -0.39 is 5.91 Å². The van der Waals surface area contributed by atoms with Crippen molar-refractivity contribution in [2.45, 2.75) is 6.61 Å². The Hall–Kier alpha value is -3.96. The number of carbonyl (C=O) groups is 1. The molecule has 3 aromatic carbocycles. The summed E-state index contributed by atoms with van der Waals surface area (Å²) in [5.74, 6) is 2.23. The molecule has 0 fully saturated rings. The lowest BCUT2D eigenvalue weighted by atomic mass is 10.1. The number of ether oxygens (including phenoxy) is 4. The number of benzene rings is 3. The fourth-order valence-corrected chi connectivity index (χ4v) is 3.61. The van der Waals surface area contributed by atoms with Gasteiger partial charge in [0.05, 0.1) is 11.6 Å². The highest BCUT2D eigenvalue weighted by atomic mass is 79.9. The predicted molar refractivity (Wildman–Crippen MR) is 126 cm³/mol. The van der Waals surface area contributed by atoms with Crippen LogP contribution >= 0.6 is 15.9 Å². The minimum Gasteiger partial charge on any atom is -0.497 e. The molecule has 0 saturated heterocycles. The third-order valence-corrected chi connectivity index (χ3v) is 5.43. The summed E-state index contributed by atoms with van der Waals surface area (Å²) in [6.45, 7) is 0.571. The molecule has 0 atom stereocenters. The van der Waals surface area contributed by atoms with Crippen LogP contribution in [0.15, 0.2) is 70.7 Å². The molecule has 0 bridgehead atoms. The first-order valence-electron chi connectivity index (χ1n) is 9.94. The number of nitriles is 1. The van der Waals surface area contributed by atoms with Crippen molar-refractivity contribution in [1.29, 1.82) is 5.26 Å². The molecule has 0 saturated carbocycles. The smallest absolute Gasteiger partial charge is 0.266 e. The van der Waals surface area contributed by atoms with Gasteiger partial charge < -0.3 is 24.3 Å². The van der Waals surface area contributed by atoms with Gasteiger partial charge in [-0.3, -0.25) is 4.79 Å². The van der Waals surface area contributed by atoms with E-state index in [-0.39, 0.29) is 12.4 Å². The third kappa shape index (κ3) is 5.45. The summed E-state index contributed by atoms with van der Waals surface area (Å²) < 4.78 is 22.4. The van der Waals surface area contributed by atoms with Crippen molar-refractivity contribution in [3.05, 3.63) is 81.8 Å². The molecule has 7 nitrogen and oxygen atoms in total. The Balaban J connectivity index is 1.42. The minimum atomic E-state index is -0.498. The molecular formula is C25H19BrN2O5. The van der Waals surface area contributed by atoms with E-state index in [1.165, 1.54) is 6.08 Å². The zero-order valence-corrected chi connectivity index (χ0v) is 19.2. The Bertz CT molecular complexity index is 1250. The largest absolute Gasteiger partial charge is 0.497 e. The maximum atomic E-state index is 12.5. The summed E-state index contributed by atoms with van der Waals surface area (Å²) in [7, 11) is 1.57. The number of rotatable bonds is 7. The Morgan fingerprint density at radius 1 is 1.12 bits per heavy atom. The second-order valence-corrected chi connectivity index (χ2v) is 7.87. The zero-order valence-electron chi connectivity index (χ0n) is 17.6. The molecule has 33 heavy (non-hydrogen) atoms. The molecule has 1 amide bonds. The van der Waals surface area contributed by atoms with E-state index in [9.17, 15) is 10.1 Å². The topological polar surface area (TPSA) is 89.8 Å². The number of anilines is 1. The number of nitrogens with zero attached hydrogens (tertiary/aromatic N) is 1. The van der Waals surface area contributed by atoms with Crippen LogP contribution in [0.2, 0.25) is 0 Å². The molecule has 4 rings (SSSR count). The van der Waals surface area contributed by atoms with Gasteiger partial charge >= 0.3 is 0 Å². The van der Waals surface area contributed by atoms with Crippen LogP contribution in [-0.2, 0) is 11.4 Å². The zero-order chi connectivity index (χ0) is 23.2. The SMILES string of the molecule is COc1ccc(NC(=O)/C(C#N)=C\c2ccc(OCc3ccc4c(c3)OCO4)c(Br)c2)cc1. The highest BCUT2D eigenvalue weighted by Crippen LogP contribution is 2.33. The van der Waals surface area contributed by atoms with E-state index in [1.807, 2.05) is 24.3 Å².